The lowest BCUT2D eigenvalue weighted by Crippen LogP contribution is -2.27. The third kappa shape index (κ3) is 6.49. The smallest absolute Gasteiger partial charge is 0.263 e. The Labute approximate surface area is 159 Å². The number of nitrogens with zero attached hydrogens (tertiary/aromatic N) is 1. The van der Waals surface area contributed by atoms with E-state index in [9.17, 15) is 10.1 Å². The van der Waals surface area contributed by atoms with Crippen molar-refractivity contribution >= 4 is 5.91 Å². The van der Waals surface area contributed by atoms with Gasteiger partial charge in [0.05, 0.1) is 7.11 Å². The Bertz CT molecular complexity index is 823. The SMILES string of the molecule is COc1ccc(CCNC(=O)/C(C#N)=C\NCc2cccc(CN)c2)cc1. The number of methoxy groups -OCH3 is 1. The molecule has 2 aromatic carbocycles. The number of hydrogen-bond acceptors (Lipinski definition) is 5. The Morgan fingerprint density at radius 1 is 1.19 bits per heavy atom. The van der Waals surface area contributed by atoms with Crippen LogP contribution in [0.4, 0.5) is 0 Å². The van der Waals surface area contributed by atoms with Gasteiger partial charge in [-0.3, -0.25) is 4.79 Å². The molecule has 0 aliphatic heterocycles. The van der Waals surface area contributed by atoms with Crippen molar-refractivity contribution in [2.45, 2.75) is 19.5 Å². The number of carbonyl (C=O) groups is 1. The van der Waals surface area contributed by atoms with Crippen molar-refractivity contribution in [3.05, 3.63) is 77.0 Å². The minimum Gasteiger partial charge on any atom is -0.497 e. The molecule has 4 N–H and O–H groups in total. The zero-order valence-electron chi connectivity index (χ0n) is 15.4. The average Bonchev–Trinajstić information content (AvgIpc) is 2.71. The van der Waals surface area contributed by atoms with Crippen molar-refractivity contribution in [1.82, 2.24) is 10.6 Å². The number of amides is 1. The Hall–Kier alpha value is -3.30. The van der Waals surface area contributed by atoms with Crippen molar-refractivity contribution < 1.29 is 9.53 Å². The van der Waals surface area contributed by atoms with Gasteiger partial charge in [0.2, 0.25) is 0 Å². The molecular formula is C21H24N4O2. The van der Waals surface area contributed by atoms with Crippen LogP contribution in [0.25, 0.3) is 0 Å². The van der Waals surface area contributed by atoms with E-state index in [2.05, 4.69) is 10.6 Å². The number of hydrogen-bond donors (Lipinski definition) is 3. The van der Waals surface area contributed by atoms with Crippen LogP contribution in [0, 0.1) is 11.3 Å². The summed E-state index contributed by atoms with van der Waals surface area (Å²) in [7, 11) is 1.62. The zero-order chi connectivity index (χ0) is 19.5. The van der Waals surface area contributed by atoms with Crippen LogP contribution in [0.15, 0.2) is 60.3 Å². The third-order valence-electron chi connectivity index (χ3n) is 4.00. The summed E-state index contributed by atoms with van der Waals surface area (Å²) in [5.41, 5.74) is 8.82. The van der Waals surface area contributed by atoms with Gasteiger partial charge in [-0.1, -0.05) is 36.4 Å². The standard InChI is InChI=1S/C21H24N4O2/c1-27-20-7-5-16(6-8-20)9-10-25-21(26)19(13-23)15-24-14-18-4-2-3-17(11-18)12-22/h2-8,11,15,24H,9-10,12,14,22H2,1H3,(H,25,26)/b19-15-. The summed E-state index contributed by atoms with van der Waals surface area (Å²) in [4.78, 5) is 12.1. The van der Waals surface area contributed by atoms with E-state index in [1.807, 2.05) is 54.6 Å². The Kier molecular flexibility index (Phi) is 7.89. The van der Waals surface area contributed by atoms with Crippen molar-refractivity contribution in [3.8, 4) is 11.8 Å². The fourth-order valence-corrected chi connectivity index (χ4v) is 2.49. The van der Waals surface area contributed by atoms with Crippen molar-refractivity contribution in [2.24, 2.45) is 5.73 Å². The molecule has 0 spiro atoms. The Morgan fingerprint density at radius 2 is 1.93 bits per heavy atom. The first-order chi connectivity index (χ1) is 13.2. The number of ether oxygens (including phenoxy) is 1. The van der Waals surface area contributed by atoms with Gasteiger partial charge in [-0.25, -0.2) is 0 Å². The molecule has 140 valence electrons. The molecule has 0 bridgehead atoms. The van der Waals surface area contributed by atoms with E-state index in [0.29, 0.717) is 26.1 Å². The molecule has 0 aliphatic carbocycles. The molecule has 0 saturated carbocycles. The van der Waals surface area contributed by atoms with Crippen molar-refractivity contribution in [2.75, 3.05) is 13.7 Å². The molecule has 2 aromatic rings. The maximum Gasteiger partial charge on any atom is 0.263 e. The lowest BCUT2D eigenvalue weighted by atomic mass is 10.1. The van der Waals surface area contributed by atoms with Gasteiger partial charge in [-0.05, 0) is 35.2 Å². The molecule has 0 unspecified atom stereocenters. The van der Waals surface area contributed by atoms with Gasteiger partial charge in [-0.2, -0.15) is 5.26 Å². The summed E-state index contributed by atoms with van der Waals surface area (Å²) in [6.07, 6.45) is 2.12. The van der Waals surface area contributed by atoms with Crippen LogP contribution in [-0.4, -0.2) is 19.6 Å². The normalized spacial score (nSPS) is 10.8. The number of benzene rings is 2. The Balaban J connectivity index is 1.81. The number of nitrogens with two attached hydrogens (primary N) is 1. The van der Waals surface area contributed by atoms with Gasteiger partial charge in [0, 0.05) is 25.8 Å². The van der Waals surface area contributed by atoms with Crippen molar-refractivity contribution in [1.29, 1.82) is 5.26 Å². The highest BCUT2D eigenvalue weighted by Gasteiger charge is 2.08. The summed E-state index contributed by atoms with van der Waals surface area (Å²) >= 11 is 0. The molecule has 2 rings (SSSR count). The van der Waals surface area contributed by atoms with Gasteiger partial charge < -0.3 is 21.1 Å². The maximum absolute atomic E-state index is 12.1. The van der Waals surface area contributed by atoms with Gasteiger partial charge >= 0.3 is 0 Å². The molecule has 0 saturated heterocycles. The highest BCUT2D eigenvalue weighted by atomic mass is 16.5. The number of rotatable bonds is 9. The molecule has 0 radical (unpaired) electrons. The van der Waals surface area contributed by atoms with Gasteiger partial charge in [0.25, 0.3) is 5.91 Å². The monoisotopic (exact) mass is 364 g/mol. The molecule has 6 heteroatoms. The van der Waals surface area contributed by atoms with Crippen molar-refractivity contribution in [3.63, 3.8) is 0 Å². The fraction of sp³-hybridized carbons (Fsp3) is 0.238. The molecule has 6 nitrogen and oxygen atoms in total. The van der Waals surface area contributed by atoms with E-state index in [1.54, 1.807) is 7.11 Å². The summed E-state index contributed by atoms with van der Waals surface area (Å²) in [6, 6.07) is 17.4. The van der Waals surface area contributed by atoms with Gasteiger partial charge in [0.15, 0.2) is 0 Å². The van der Waals surface area contributed by atoms with E-state index >= 15 is 0 Å². The van der Waals surface area contributed by atoms with E-state index in [1.165, 1.54) is 6.20 Å². The molecule has 0 fully saturated rings. The predicted molar refractivity (Wildman–Crippen MR) is 105 cm³/mol. The minimum absolute atomic E-state index is 0.0414. The van der Waals surface area contributed by atoms with E-state index in [0.717, 1.165) is 22.4 Å². The van der Waals surface area contributed by atoms with Crippen LogP contribution in [0.2, 0.25) is 0 Å². The van der Waals surface area contributed by atoms with E-state index in [4.69, 9.17) is 10.5 Å². The van der Waals surface area contributed by atoms with Crippen LogP contribution < -0.4 is 21.1 Å². The predicted octanol–water partition coefficient (Wildman–Crippen LogP) is 2.01. The number of nitrogens with one attached hydrogen (secondary N) is 2. The second-order valence-corrected chi connectivity index (χ2v) is 5.93. The van der Waals surface area contributed by atoms with Crippen LogP contribution in [0.5, 0.6) is 5.75 Å². The first-order valence-corrected chi connectivity index (χ1v) is 8.69. The molecule has 27 heavy (non-hydrogen) atoms. The molecular weight excluding hydrogens is 340 g/mol. The first-order valence-electron chi connectivity index (χ1n) is 8.69. The molecule has 1 amide bonds. The maximum atomic E-state index is 12.1. The second kappa shape index (κ2) is 10.6. The molecule has 0 aliphatic rings. The summed E-state index contributed by atoms with van der Waals surface area (Å²) < 4.78 is 5.11. The summed E-state index contributed by atoms with van der Waals surface area (Å²) in [6.45, 7) is 1.44. The van der Waals surface area contributed by atoms with Gasteiger partial charge in [0.1, 0.15) is 17.4 Å². The van der Waals surface area contributed by atoms with E-state index in [-0.39, 0.29) is 5.57 Å². The van der Waals surface area contributed by atoms with Crippen LogP contribution >= 0.6 is 0 Å². The quantitative estimate of drug-likeness (QED) is 0.467. The fourth-order valence-electron chi connectivity index (χ4n) is 2.49. The number of carbonyl (C=O) groups excluding carboxylic acids is 1. The van der Waals surface area contributed by atoms with Crippen LogP contribution in [0.3, 0.4) is 0 Å². The van der Waals surface area contributed by atoms with Crippen LogP contribution in [-0.2, 0) is 24.3 Å². The first kappa shape index (κ1) is 20.0. The molecule has 0 heterocycles. The lowest BCUT2D eigenvalue weighted by molar-refractivity contribution is -0.117. The largest absolute Gasteiger partial charge is 0.497 e. The zero-order valence-corrected chi connectivity index (χ0v) is 15.4. The highest BCUT2D eigenvalue weighted by molar-refractivity contribution is 5.97. The average molecular weight is 364 g/mol. The summed E-state index contributed by atoms with van der Waals surface area (Å²) in [5.74, 6) is 0.398. The lowest BCUT2D eigenvalue weighted by Gasteiger charge is -2.07. The Morgan fingerprint density at radius 3 is 2.59 bits per heavy atom. The molecule has 0 atom stereocenters. The van der Waals surface area contributed by atoms with Crippen LogP contribution in [0.1, 0.15) is 16.7 Å². The second-order valence-electron chi connectivity index (χ2n) is 5.93. The van der Waals surface area contributed by atoms with E-state index < -0.39 is 5.91 Å². The third-order valence-corrected chi connectivity index (χ3v) is 4.00. The summed E-state index contributed by atoms with van der Waals surface area (Å²) in [5, 5.41) is 15.0. The highest BCUT2D eigenvalue weighted by Crippen LogP contribution is 2.11. The molecule has 0 aromatic heterocycles. The topological polar surface area (TPSA) is 100 Å². The number of nitriles is 1. The minimum atomic E-state index is -0.394. The van der Waals surface area contributed by atoms with Gasteiger partial charge in [-0.15, -0.1) is 0 Å².